The van der Waals surface area contributed by atoms with E-state index >= 15 is 0 Å². The normalized spacial score (nSPS) is 41.6. The molecule has 4 saturated carbocycles. The van der Waals surface area contributed by atoms with Crippen LogP contribution < -0.4 is 0 Å². The number of hydrogen-bond acceptors (Lipinski definition) is 6. The van der Waals surface area contributed by atoms with Gasteiger partial charge in [-0.1, -0.05) is 27.7 Å². The summed E-state index contributed by atoms with van der Waals surface area (Å²) in [5, 5.41) is 0. The molecule has 35 heavy (non-hydrogen) atoms. The summed E-state index contributed by atoms with van der Waals surface area (Å²) in [5.41, 5.74) is 0.0814. The zero-order valence-corrected chi connectivity index (χ0v) is 22.4. The Morgan fingerprint density at radius 2 is 1.57 bits per heavy atom. The van der Waals surface area contributed by atoms with Gasteiger partial charge in [-0.2, -0.15) is 0 Å². The van der Waals surface area contributed by atoms with E-state index in [2.05, 4.69) is 27.7 Å². The van der Waals surface area contributed by atoms with Gasteiger partial charge in [0.1, 0.15) is 11.6 Å². The molecule has 4 aliphatic carbocycles. The molecule has 6 nitrogen and oxygen atoms in total. The first-order valence-electron chi connectivity index (χ1n) is 13.7. The van der Waals surface area contributed by atoms with E-state index in [0.29, 0.717) is 48.6 Å². The summed E-state index contributed by atoms with van der Waals surface area (Å²) >= 11 is 0. The lowest BCUT2D eigenvalue weighted by Gasteiger charge is -2.61. The van der Waals surface area contributed by atoms with E-state index in [9.17, 15) is 19.2 Å². The van der Waals surface area contributed by atoms with Crippen molar-refractivity contribution in [1.29, 1.82) is 0 Å². The fraction of sp³-hybridized carbons (Fsp3) is 0.862. The van der Waals surface area contributed by atoms with Crippen molar-refractivity contribution in [3.8, 4) is 0 Å². The second kappa shape index (κ2) is 9.63. The fourth-order valence-electron chi connectivity index (χ4n) is 9.53. The average Bonchev–Trinajstić information content (AvgIpc) is 3.20. The third-order valence-corrected chi connectivity index (χ3v) is 11.3. The number of ether oxygens (including phenoxy) is 2. The Hall–Kier alpha value is -1.72. The molecule has 0 heterocycles. The number of rotatable bonds is 6. The van der Waals surface area contributed by atoms with Crippen LogP contribution in [0.25, 0.3) is 0 Å². The Kier molecular flexibility index (Phi) is 7.25. The third-order valence-electron chi connectivity index (χ3n) is 11.3. The summed E-state index contributed by atoms with van der Waals surface area (Å²) in [5.74, 6) is 0.216. The summed E-state index contributed by atoms with van der Waals surface area (Å²) < 4.78 is 9.80. The molecule has 0 amide bonds. The Bertz CT molecular complexity index is 864. The molecule has 8 unspecified atom stereocenters. The highest BCUT2D eigenvalue weighted by Gasteiger charge is 2.65. The highest BCUT2D eigenvalue weighted by atomic mass is 16.5. The zero-order chi connectivity index (χ0) is 25.7. The van der Waals surface area contributed by atoms with E-state index in [0.717, 1.165) is 38.5 Å². The van der Waals surface area contributed by atoms with Crippen molar-refractivity contribution >= 4 is 23.5 Å². The van der Waals surface area contributed by atoms with Crippen LogP contribution in [-0.4, -0.2) is 37.7 Å². The highest BCUT2D eigenvalue weighted by Crippen LogP contribution is 2.68. The van der Waals surface area contributed by atoms with E-state index in [1.165, 1.54) is 14.2 Å². The van der Waals surface area contributed by atoms with Crippen LogP contribution in [0.5, 0.6) is 0 Å². The summed E-state index contributed by atoms with van der Waals surface area (Å²) in [6.07, 6.45) is 7.52. The summed E-state index contributed by atoms with van der Waals surface area (Å²) in [6, 6.07) is 0. The summed E-state index contributed by atoms with van der Waals surface area (Å²) in [6.45, 7) is 9.00. The SMILES string of the molecule is CCC1C(=O)C2C(CCC3(C)C2CCC3[C@H](C)CC(C(=O)OC)C(=O)OC)C2(C)CCC(=O)CC12. The molecule has 196 valence electrons. The van der Waals surface area contributed by atoms with Crippen LogP contribution in [0.4, 0.5) is 0 Å². The van der Waals surface area contributed by atoms with Crippen LogP contribution in [-0.2, 0) is 28.7 Å². The van der Waals surface area contributed by atoms with Crippen molar-refractivity contribution in [2.75, 3.05) is 14.2 Å². The van der Waals surface area contributed by atoms with Crippen molar-refractivity contribution in [2.24, 2.45) is 58.2 Å². The minimum absolute atomic E-state index is 0.00708. The standard InChI is InChI=1S/C29H44O6/c1-7-18-23-15-17(30)10-12-29(23,4)22-11-13-28(3)20(8-9-21(28)24(22)25(18)31)16(2)14-19(26(32)34-5)27(33)35-6/h16,18-24H,7-15H2,1-6H3/t16-,18?,20?,21?,22?,23?,24?,28?,29?/m1/s1. The minimum atomic E-state index is -0.904. The Balaban J connectivity index is 1.60. The molecule has 4 rings (SSSR count). The van der Waals surface area contributed by atoms with Crippen molar-refractivity contribution < 1.29 is 28.7 Å². The van der Waals surface area contributed by atoms with Gasteiger partial charge in [0.15, 0.2) is 5.92 Å². The molecule has 0 radical (unpaired) electrons. The molecule has 0 aliphatic heterocycles. The van der Waals surface area contributed by atoms with Crippen LogP contribution >= 0.6 is 0 Å². The zero-order valence-electron chi connectivity index (χ0n) is 22.4. The van der Waals surface area contributed by atoms with E-state index in [1.54, 1.807) is 0 Å². The predicted molar refractivity (Wildman–Crippen MR) is 131 cm³/mol. The third kappa shape index (κ3) is 4.07. The van der Waals surface area contributed by atoms with Crippen LogP contribution in [0.3, 0.4) is 0 Å². The smallest absolute Gasteiger partial charge is 0.320 e. The Morgan fingerprint density at radius 3 is 2.17 bits per heavy atom. The first kappa shape index (κ1) is 26.3. The average molecular weight is 489 g/mol. The van der Waals surface area contributed by atoms with Crippen LogP contribution in [0.1, 0.15) is 85.5 Å². The molecule has 4 fully saturated rings. The maximum Gasteiger partial charge on any atom is 0.320 e. The highest BCUT2D eigenvalue weighted by molar-refractivity contribution is 5.94. The first-order valence-corrected chi connectivity index (χ1v) is 13.7. The lowest BCUT2D eigenvalue weighted by molar-refractivity contribution is -0.170. The van der Waals surface area contributed by atoms with Gasteiger partial charge in [0.2, 0.25) is 0 Å². The van der Waals surface area contributed by atoms with E-state index in [-0.39, 0.29) is 34.5 Å². The first-order chi connectivity index (χ1) is 16.5. The van der Waals surface area contributed by atoms with Gasteiger partial charge >= 0.3 is 11.9 Å². The van der Waals surface area contributed by atoms with Gasteiger partial charge in [-0.05, 0) is 85.4 Å². The molecular formula is C29H44O6. The molecule has 0 N–H and O–H groups in total. The van der Waals surface area contributed by atoms with Crippen molar-refractivity contribution in [3.05, 3.63) is 0 Å². The molecule has 0 aromatic carbocycles. The molecule has 0 aromatic heterocycles. The number of carbonyl (C=O) groups is 4. The van der Waals surface area contributed by atoms with Gasteiger partial charge in [0, 0.05) is 24.7 Å². The number of methoxy groups -OCH3 is 2. The van der Waals surface area contributed by atoms with E-state index in [1.807, 2.05) is 0 Å². The van der Waals surface area contributed by atoms with E-state index < -0.39 is 17.9 Å². The van der Waals surface area contributed by atoms with E-state index in [4.69, 9.17) is 9.47 Å². The van der Waals surface area contributed by atoms with Crippen molar-refractivity contribution in [3.63, 3.8) is 0 Å². The Labute approximate surface area is 210 Å². The number of ketones is 2. The number of carbonyl (C=O) groups excluding carboxylic acids is 4. The van der Waals surface area contributed by atoms with Crippen LogP contribution in [0.15, 0.2) is 0 Å². The lowest BCUT2D eigenvalue weighted by atomic mass is 9.42. The largest absolute Gasteiger partial charge is 0.468 e. The molecule has 0 aromatic rings. The molecular weight excluding hydrogens is 444 g/mol. The van der Waals surface area contributed by atoms with Gasteiger partial charge in [-0.25, -0.2) is 0 Å². The number of Topliss-reactive ketones (excluding diaryl/α,β-unsaturated/α-hetero) is 2. The van der Waals surface area contributed by atoms with Crippen LogP contribution in [0, 0.1) is 58.2 Å². The number of esters is 2. The van der Waals surface area contributed by atoms with Crippen molar-refractivity contribution in [2.45, 2.75) is 85.5 Å². The summed E-state index contributed by atoms with van der Waals surface area (Å²) in [7, 11) is 2.62. The quantitative estimate of drug-likeness (QED) is 0.385. The molecule has 4 aliphatic rings. The maximum absolute atomic E-state index is 14.1. The lowest BCUT2D eigenvalue weighted by Crippen LogP contribution is -2.60. The Morgan fingerprint density at radius 1 is 0.943 bits per heavy atom. The van der Waals surface area contributed by atoms with Gasteiger partial charge in [-0.15, -0.1) is 0 Å². The molecule has 0 spiro atoms. The number of hydrogen-bond donors (Lipinski definition) is 0. The molecule has 6 heteroatoms. The van der Waals surface area contributed by atoms with Gasteiger partial charge in [0.05, 0.1) is 14.2 Å². The fourth-order valence-corrected chi connectivity index (χ4v) is 9.53. The second-order valence-electron chi connectivity index (χ2n) is 12.6. The predicted octanol–water partition coefficient (Wildman–Crippen LogP) is 5.02. The van der Waals surface area contributed by atoms with Gasteiger partial charge < -0.3 is 9.47 Å². The molecule has 0 bridgehead atoms. The van der Waals surface area contributed by atoms with Gasteiger partial charge in [-0.3, -0.25) is 19.2 Å². The van der Waals surface area contributed by atoms with Gasteiger partial charge in [0.25, 0.3) is 0 Å². The van der Waals surface area contributed by atoms with Crippen LogP contribution in [0.2, 0.25) is 0 Å². The summed E-state index contributed by atoms with van der Waals surface area (Å²) in [4.78, 5) is 51.1. The number of fused-ring (bicyclic) bond motifs is 5. The van der Waals surface area contributed by atoms with Crippen molar-refractivity contribution in [1.82, 2.24) is 0 Å². The minimum Gasteiger partial charge on any atom is -0.468 e. The maximum atomic E-state index is 14.1. The monoisotopic (exact) mass is 488 g/mol. The topological polar surface area (TPSA) is 86.7 Å². The second-order valence-corrected chi connectivity index (χ2v) is 12.6. The molecule has 0 saturated heterocycles. The molecule has 9 atom stereocenters.